The van der Waals surface area contributed by atoms with Crippen LogP contribution in [0.3, 0.4) is 0 Å². The van der Waals surface area contributed by atoms with E-state index in [4.69, 9.17) is 9.47 Å². The minimum absolute atomic E-state index is 0.219. The minimum atomic E-state index is 0.219. The van der Waals surface area contributed by atoms with Gasteiger partial charge in [0.1, 0.15) is 12.4 Å². The average Bonchev–Trinajstić information content (AvgIpc) is 2.44. The summed E-state index contributed by atoms with van der Waals surface area (Å²) in [6.45, 7) is 8.00. The van der Waals surface area contributed by atoms with E-state index in [1.54, 1.807) is 7.11 Å². The highest BCUT2D eigenvalue weighted by molar-refractivity contribution is 5.31. The van der Waals surface area contributed by atoms with Gasteiger partial charge in [0.25, 0.3) is 0 Å². The van der Waals surface area contributed by atoms with Gasteiger partial charge in [0.15, 0.2) is 0 Å². The Bertz CT molecular complexity index is 360. The molecule has 1 atom stereocenters. The van der Waals surface area contributed by atoms with Gasteiger partial charge in [0.05, 0.1) is 12.6 Å². The molecule has 108 valence electrons. The smallest absolute Gasteiger partial charge is 0.119 e. The van der Waals surface area contributed by atoms with Crippen LogP contribution in [0.5, 0.6) is 5.75 Å². The van der Waals surface area contributed by atoms with Crippen LogP contribution in [0.4, 0.5) is 0 Å². The summed E-state index contributed by atoms with van der Waals surface area (Å²) in [6.07, 6.45) is 1.13. The Morgan fingerprint density at radius 2 is 1.79 bits per heavy atom. The molecule has 0 saturated heterocycles. The third-order valence-corrected chi connectivity index (χ3v) is 3.75. The molecular formula is C16H27NO2. The topological polar surface area (TPSA) is 30.5 Å². The number of ether oxygens (including phenoxy) is 2. The van der Waals surface area contributed by atoms with E-state index in [0.717, 1.165) is 12.2 Å². The van der Waals surface area contributed by atoms with Gasteiger partial charge in [-0.15, -0.1) is 0 Å². The van der Waals surface area contributed by atoms with Crippen LogP contribution in [0, 0.1) is 0 Å². The number of likely N-dealkylation sites (N-methyl/N-ethyl adjacent to an activating group) is 1. The summed E-state index contributed by atoms with van der Waals surface area (Å²) in [6, 6.07) is 8.63. The number of benzene rings is 1. The van der Waals surface area contributed by atoms with Gasteiger partial charge in [0.2, 0.25) is 0 Å². The third-order valence-electron chi connectivity index (χ3n) is 3.75. The number of nitrogens with one attached hydrogen (secondary N) is 1. The van der Waals surface area contributed by atoms with Gasteiger partial charge in [0, 0.05) is 7.11 Å². The molecule has 0 amide bonds. The average molecular weight is 265 g/mol. The summed E-state index contributed by atoms with van der Waals surface area (Å²) in [5.74, 6) is 0.909. The van der Waals surface area contributed by atoms with E-state index < -0.39 is 0 Å². The summed E-state index contributed by atoms with van der Waals surface area (Å²) in [7, 11) is 3.62. The van der Waals surface area contributed by atoms with Crippen LogP contribution >= 0.6 is 0 Å². The SMILES string of the molecule is CCC(C)(C)c1ccc(OCC(COC)NC)cc1. The third kappa shape index (κ3) is 4.84. The molecule has 1 N–H and O–H groups in total. The normalized spacial score (nSPS) is 13.3. The summed E-state index contributed by atoms with van der Waals surface area (Å²) < 4.78 is 10.9. The van der Waals surface area contributed by atoms with Crippen molar-refractivity contribution in [3.63, 3.8) is 0 Å². The summed E-state index contributed by atoms with van der Waals surface area (Å²) in [5, 5.41) is 3.17. The van der Waals surface area contributed by atoms with Crippen LogP contribution in [0.1, 0.15) is 32.8 Å². The summed E-state index contributed by atoms with van der Waals surface area (Å²) in [5.41, 5.74) is 1.58. The van der Waals surface area contributed by atoms with Crippen LogP contribution in [-0.4, -0.2) is 33.4 Å². The van der Waals surface area contributed by atoms with Crippen molar-refractivity contribution in [2.75, 3.05) is 27.4 Å². The number of hydrogen-bond donors (Lipinski definition) is 1. The van der Waals surface area contributed by atoms with Crippen LogP contribution in [0.2, 0.25) is 0 Å². The second-order valence-electron chi connectivity index (χ2n) is 5.51. The van der Waals surface area contributed by atoms with Gasteiger partial charge in [-0.1, -0.05) is 32.9 Å². The Morgan fingerprint density at radius 1 is 1.16 bits per heavy atom. The first-order valence-corrected chi connectivity index (χ1v) is 6.93. The lowest BCUT2D eigenvalue weighted by Gasteiger charge is -2.23. The molecular weight excluding hydrogens is 238 g/mol. The van der Waals surface area contributed by atoms with Gasteiger partial charge in [-0.25, -0.2) is 0 Å². The molecule has 0 saturated carbocycles. The zero-order chi connectivity index (χ0) is 14.3. The standard InChI is InChI=1S/C16H27NO2/c1-6-16(2,3)13-7-9-15(10-8-13)19-12-14(17-4)11-18-5/h7-10,14,17H,6,11-12H2,1-5H3. The molecule has 0 aromatic heterocycles. The molecule has 0 aliphatic rings. The molecule has 0 aliphatic heterocycles. The number of hydrogen-bond acceptors (Lipinski definition) is 3. The molecule has 1 unspecified atom stereocenters. The summed E-state index contributed by atoms with van der Waals surface area (Å²) >= 11 is 0. The first-order chi connectivity index (χ1) is 9.03. The first-order valence-electron chi connectivity index (χ1n) is 6.93. The zero-order valence-corrected chi connectivity index (χ0v) is 12.8. The van der Waals surface area contributed by atoms with Gasteiger partial charge in [-0.05, 0) is 36.6 Å². The highest BCUT2D eigenvalue weighted by Gasteiger charge is 2.17. The lowest BCUT2D eigenvalue weighted by molar-refractivity contribution is 0.140. The molecule has 1 rings (SSSR count). The molecule has 3 heteroatoms. The van der Waals surface area contributed by atoms with E-state index in [9.17, 15) is 0 Å². The Morgan fingerprint density at radius 3 is 2.26 bits per heavy atom. The van der Waals surface area contributed by atoms with Crippen LogP contribution in [0.25, 0.3) is 0 Å². The maximum Gasteiger partial charge on any atom is 0.119 e. The Kier molecular flexibility index (Phi) is 6.32. The van der Waals surface area contributed by atoms with Crippen molar-refractivity contribution >= 4 is 0 Å². The quantitative estimate of drug-likeness (QED) is 0.784. The minimum Gasteiger partial charge on any atom is -0.492 e. The van der Waals surface area contributed by atoms with Crippen molar-refractivity contribution in [3.05, 3.63) is 29.8 Å². The predicted molar refractivity (Wildman–Crippen MR) is 80.0 cm³/mol. The van der Waals surface area contributed by atoms with E-state index in [-0.39, 0.29) is 11.5 Å². The van der Waals surface area contributed by atoms with E-state index in [2.05, 4.69) is 38.2 Å². The molecule has 19 heavy (non-hydrogen) atoms. The highest BCUT2D eigenvalue weighted by Crippen LogP contribution is 2.27. The molecule has 1 aromatic carbocycles. The Hall–Kier alpha value is -1.06. The van der Waals surface area contributed by atoms with Gasteiger partial charge < -0.3 is 14.8 Å². The Balaban J connectivity index is 2.57. The maximum absolute atomic E-state index is 5.77. The van der Waals surface area contributed by atoms with Gasteiger partial charge in [-0.3, -0.25) is 0 Å². The molecule has 1 aromatic rings. The van der Waals surface area contributed by atoms with E-state index >= 15 is 0 Å². The highest BCUT2D eigenvalue weighted by atomic mass is 16.5. The lowest BCUT2D eigenvalue weighted by atomic mass is 9.82. The largest absolute Gasteiger partial charge is 0.492 e. The molecule has 0 radical (unpaired) electrons. The van der Waals surface area contributed by atoms with Gasteiger partial charge in [-0.2, -0.15) is 0 Å². The predicted octanol–water partition coefficient (Wildman–Crippen LogP) is 2.99. The second kappa shape index (κ2) is 7.51. The van der Waals surface area contributed by atoms with E-state index in [1.807, 2.05) is 19.2 Å². The first kappa shape index (κ1) is 16.0. The zero-order valence-electron chi connectivity index (χ0n) is 12.8. The maximum atomic E-state index is 5.77. The molecule has 0 aliphatic carbocycles. The lowest BCUT2D eigenvalue weighted by Crippen LogP contribution is -2.35. The van der Waals surface area contributed by atoms with Crippen LogP contribution in [-0.2, 0) is 10.2 Å². The van der Waals surface area contributed by atoms with Gasteiger partial charge >= 0.3 is 0 Å². The monoisotopic (exact) mass is 265 g/mol. The fourth-order valence-corrected chi connectivity index (χ4v) is 1.82. The van der Waals surface area contributed by atoms with Crippen LogP contribution < -0.4 is 10.1 Å². The van der Waals surface area contributed by atoms with Crippen molar-refractivity contribution in [2.24, 2.45) is 0 Å². The number of methoxy groups -OCH3 is 1. The van der Waals surface area contributed by atoms with Crippen molar-refractivity contribution in [1.82, 2.24) is 5.32 Å². The van der Waals surface area contributed by atoms with Crippen molar-refractivity contribution in [1.29, 1.82) is 0 Å². The van der Waals surface area contributed by atoms with Crippen LogP contribution in [0.15, 0.2) is 24.3 Å². The van der Waals surface area contributed by atoms with Crippen molar-refractivity contribution in [2.45, 2.75) is 38.6 Å². The fourth-order valence-electron chi connectivity index (χ4n) is 1.82. The molecule has 0 heterocycles. The summed E-state index contributed by atoms with van der Waals surface area (Å²) in [4.78, 5) is 0. The van der Waals surface area contributed by atoms with Crippen molar-refractivity contribution in [3.8, 4) is 5.75 Å². The van der Waals surface area contributed by atoms with E-state index in [0.29, 0.717) is 13.2 Å². The van der Waals surface area contributed by atoms with E-state index in [1.165, 1.54) is 5.56 Å². The molecule has 0 bridgehead atoms. The second-order valence-corrected chi connectivity index (χ2v) is 5.51. The molecule has 3 nitrogen and oxygen atoms in total. The molecule has 0 fully saturated rings. The molecule has 0 spiro atoms. The Labute approximate surface area is 117 Å². The van der Waals surface area contributed by atoms with Crippen molar-refractivity contribution < 1.29 is 9.47 Å². The fraction of sp³-hybridized carbons (Fsp3) is 0.625. The number of rotatable bonds is 8.